The number of hydrogen-bond acceptors (Lipinski definition) is 6. The minimum absolute atomic E-state index is 0.636. The van der Waals surface area contributed by atoms with E-state index in [1.807, 2.05) is 65.8 Å². The molecule has 0 aliphatic carbocycles. The van der Waals surface area contributed by atoms with E-state index < -0.39 is 23.3 Å². The number of rotatable bonds is 8. The van der Waals surface area contributed by atoms with Crippen LogP contribution in [-0.2, 0) is 20.8 Å². The zero-order valence-electron chi connectivity index (χ0n) is 19.3. The van der Waals surface area contributed by atoms with E-state index in [-0.39, 0.29) is 0 Å². The van der Waals surface area contributed by atoms with Crippen molar-refractivity contribution in [3.8, 4) is 0 Å². The average Bonchev–Trinajstić information content (AvgIpc) is 2.69. The monoisotopic (exact) mass is 418 g/mol. The first-order valence-corrected chi connectivity index (χ1v) is 10.1. The summed E-state index contributed by atoms with van der Waals surface area (Å²) in [6.45, 7) is 14.9. The molecule has 1 rings (SSSR count). The van der Waals surface area contributed by atoms with Crippen molar-refractivity contribution in [1.82, 2.24) is 10.6 Å². The first kappa shape index (κ1) is 25.1. The number of amides is 2. The Hall–Kier alpha value is -2.90. The predicted molar refractivity (Wildman–Crippen MR) is 119 cm³/mol. The smallest absolute Gasteiger partial charge is 0.311 e. The van der Waals surface area contributed by atoms with Crippen molar-refractivity contribution in [3.05, 3.63) is 35.4 Å². The molecule has 0 aromatic heterocycles. The van der Waals surface area contributed by atoms with E-state index in [1.165, 1.54) is 0 Å². The van der Waals surface area contributed by atoms with Crippen LogP contribution < -0.4 is 10.6 Å². The van der Waals surface area contributed by atoms with E-state index >= 15 is 0 Å². The Balaban J connectivity index is 2.94. The van der Waals surface area contributed by atoms with Gasteiger partial charge in [0.05, 0.1) is 22.5 Å². The number of benzene rings is 1. The molecule has 0 radical (unpaired) electrons. The second kappa shape index (κ2) is 10.8. The number of nitrogens with one attached hydrogen (secondary N) is 2. The molecule has 30 heavy (non-hydrogen) atoms. The maximum absolute atomic E-state index is 12.1. The van der Waals surface area contributed by atoms with Crippen molar-refractivity contribution < 1.29 is 19.3 Å². The third kappa shape index (κ3) is 7.85. The summed E-state index contributed by atoms with van der Waals surface area (Å²) >= 11 is 0. The molecule has 2 amide bonds. The second-order valence-electron chi connectivity index (χ2n) is 8.20. The third-order valence-corrected chi connectivity index (χ3v) is 4.73. The van der Waals surface area contributed by atoms with E-state index in [0.717, 1.165) is 22.6 Å². The second-order valence-corrected chi connectivity index (χ2v) is 8.20. The Morgan fingerprint density at radius 3 is 1.53 bits per heavy atom. The SMILES string of the molecule is CCC(C)=NOC(=O)NC(C)(C)c1cccc(C(C)(C)NC(=O)ON=C(C)CC)c1. The van der Waals surface area contributed by atoms with Crippen LogP contribution in [0, 0.1) is 0 Å². The van der Waals surface area contributed by atoms with Crippen LogP contribution in [0.4, 0.5) is 9.59 Å². The largest absolute Gasteiger partial charge is 0.434 e. The van der Waals surface area contributed by atoms with Crippen LogP contribution in [0.2, 0.25) is 0 Å². The minimum Gasteiger partial charge on any atom is -0.311 e. The maximum Gasteiger partial charge on any atom is 0.434 e. The van der Waals surface area contributed by atoms with Crippen molar-refractivity contribution in [3.63, 3.8) is 0 Å². The molecule has 0 fully saturated rings. The fourth-order valence-corrected chi connectivity index (χ4v) is 2.36. The summed E-state index contributed by atoms with van der Waals surface area (Å²) in [6, 6.07) is 7.58. The van der Waals surface area contributed by atoms with Gasteiger partial charge in [-0.1, -0.05) is 48.4 Å². The fourth-order valence-electron chi connectivity index (χ4n) is 2.36. The van der Waals surface area contributed by atoms with Gasteiger partial charge in [-0.15, -0.1) is 0 Å². The van der Waals surface area contributed by atoms with E-state index in [0.29, 0.717) is 12.8 Å². The lowest BCUT2D eigenvalue weighted by Crippen LogP contribution is -2.43. The molecule has 0 aliphatic rings. The van der Waals surface area contributed by atoms with Gasteiger partial charge < -0.3 is 10.6 Å². The van der Waals surface area contributed by atoms with Gasteiger partial charge in [-0.05, 0) is 65.5 Å². The molecule has 166 valence electrons. The van der Waals surface area contributed by atoms with Crippen molar-refractivity contribution >= 4 is 23.6 Å². The zero-order chi connectivity index (χ0) is 22.9. The number of carbonyl (C=O) groups excluding carboxylic acids is 2. The van der Waals surface area contributed by atoms with Gasteiger partial charge in [-0.2, -0.15) is 0 Å². The number of hydrogen-bond donors (Lipinski definition) is 2. The molecular weight excluding hydrogens is 384 g/mol. The van der Waals surface area contributed by atoms with Gasteiger partial charge in [0.1, 0.15) is 0 Å². The van der Waals surface area contributed by atoms with Crippen LogP contribution in [0.1, 0.15) is 79.4 Å². The molecule has 0 saturated carbocycles. The molecule has 0 spiro atoms. The Morgan fingerprint density at radius 2 is 1.20 bits per heavy atom. The van der Waals surface area contributed by atoms with E-state index in [1.54, 1.807) is 13.8 Å². The normalized spacial score (nSPS) is 12.9. The summed E-state index contributed by atoms with van der Waals surface area (Å²) in [5.41, 5.74) is 1.70. The highest BCUT2D eigenvalue weighted by atomic mass is 16.7. The summed E-state index contributed by atoms with van der Waals surface area (Å²) in [7, 11) is 0. The fraction of sp³-hybridized carbons (Fsp3) is 0.545. The summed E-state index contributed by atoms with van der Waals surface area (Å²) in [5, 5.41) is 13.2. The molecule has 8 heteroatoms. The first-order chi connectivity index (χ1) is 13.9. The molecule has 8 nitrogen and oxygen atoms in total. The molecule has 0 heterocycles. The topological polar surface area (TPSA) is 101 Å². The van der Waals surface area contributed by atoms with Crippen LogP contribution in [0.5, 0.6) is 0 Å². The van der Waals surface area contributed by atoms with Crippen LogP contribution in [-0.4, -0.2) is 23.6 Å². The van der Waals surface area contributed by atoms with Crippen molar-refractivity contribution in [2.24, 2.45) is 10.3 Å². The number of oxime groups is 2. The van der Waals surface area contributed by atoms with Gasteiger partial charge in [0, 0.05) is 0 Å². The zero-order valence-corrected chi connectivity index (χ0v) is 19.3. The van der Waals surface area contributed by atoms with E-state index in [4.69, 9.17) is 9.68 Å². The van der Waals surface area contributed by atoms with Gasteiger partial charge in [0.25, 0.3) is 0 Å². The van der Waals surface area contributed by atoms with Crippen LogP contribution in [0.15, 0.2) is 34.6 Å². The Morgan fingerprint density at radius 1 is 0.833 bits per heavy atom. The number of nitrogens with zero attached hydrogens (tertiary/aromatic N) is 2. The Labute approximate surface area is 179 Å². The molecule has 0 atom stereocenters. The van der Waals surface area contributed by atoms with Gasteiger partial charge >= 0.3 is 12.2 Å². The molecule has 0 unspecified atom stereocenters. The minimum atomic E-state index is -0.720. The van der Waals surface area contributed by atoms with Gasteiger partial charge in [0.2, 0.25) is 0 Å². The van der Waals surface area contributed by atoms with Crippen molar-refractivity contribution in [2.45, 2.75) is 79.3 Å². The standard InChI is InChI=1S/C22H34N4O4/c1-9-15(3)25-29-19(27)23-21(5,6)17-12-11-13-18(14-17)22(7,8)24-20(28)30-26-16(4)10-2/h11-14H,9-10H2,1-8H3,(H,23,27)(H,24,28). The lowest BCUT2D eigenvalue weighted by Gasteiger charge is -2.30. The molecule has 0 bridgehead atoms. The average molecular weight is 419 g/mol. The van der Waals surface area contributed by atoms with Gasteiger partial charge in [0.15, 0.2) is 0 Å². The van der Waals surface area contributed by atoms with Crippen molar-refractivity contribution in [2.75, 3.05) is 0 Å². The highest BCUT2D eigenvalue weighted by Gasteiger charge is 2.28. The summed E-state index contributed by atoms with van der Waals surface area (Å²) in [4.78, 5) is 34.0. The molecule has 0 aliphatic heterocycles. The molecule has 2 N–H and O–H groups in total. The lowest BCUT2D eigenvalue weighted by molar-refractivity contribution is 0.139. The molecule has 1 aromatic carbocycles. The van der Waals surface area contributed by atoms with E-state index in [2.05, 4.69) is 20.9 Å². The van der Waals surface area contributed by atoms with Crippen LogP contribution in [0.25, 0.3) is 0 Å². The van der Waals surface area contributed by atoms with Gasteiger partial charge in [-0.25, -0.2) is 9.59 Å². The number of carbonyl (C=O) groups is 2. The van der Waals surface area contributed by atoms with E-state index in [9.17, 15) is 9.59 Å². The quantitative estimate of drug-likeness (QED) is 0.345. The molecular formula is C22H34N4O4. The van der Waals surface area contributed by atoms with Gasteiger partial charge in [-0.3, -0.25) is 9.68 Å². The predicted octanol–water partition coefficient (Wildman–Crippen LogP) is 5.18. The lowest BCUT2D eigenvalue weighted by atomic mass is 9.87. The molecule has 1 aromatic rings. The van der Waals surface area contributed by atoms with Crippen LogP contribution in [0.3, 0.4) is 0 Å². The molecule has 0 saturated heterocycles. The summed E-state index contributed by atoms with van der Waals surface area (Å²) < 4.78 is 0. The Kier molecular flexibility index (Phi) is 9.01. The summed E-state index contributed by atoms with van der Waals surface area (Å²) in [5.74, 6) is 0. The first-order valence-electron chi connectivity index (χ1n) is 10.1. The highest BCUT2D eigenvalue weighted by Crippen LogP contribution is 2.27. The maximum atomic E-state index is 12.1. The summed E-state index contributed by atoms with van der Waals surface area (Å²) in [6.07, 6.45) is 0.130. The van der Waals surface area contributed by atoms with Crippen LogP contribution >= 0.6 is 0 Å². The third-order valence-electron chi connectivity index (χ3n) is 4.73. The van der Waals surface area contributed by atoms with Crippen molar-refractivity contribution in [1.29, 1.82) is 0 Å². The Bertz CT molecular complexity index is 750. The highest BCUT2D eigenvalue weighted by molar-refractivity contribution is 5.82.